The van der Waals surface area contributed by atoms with Crippen LogP contribution in [0.4, 0.5) is 0 Å². The zero-order valence-electron chi connectivity index (χ0n) is 11.8. The van der Waals surface area contributed by atoms with Gasteiger partial charge in [-0.1, -0.05) is 71.1 Å². The Morgan fingerprint density at radius 3 is 1.53 bits per heavy atom. The smallest absolute Gasteiger partial charge is 0.0796 e. The van der Waals surface area contributed by atoms with E-state index < -0.39 is 12.2 Å². The largest absolute Gasteiger partial charge is 0.391 e. The highest BCUT2D eigenvalue weighted by molar-refractivity contribution is 4.61. The van der Waals surface area contributed by atoms with Crippen molar-refractivity contribution in [2.75, 3.05) is 0 Å². The number of aliphatic hydroxyl groups excluding tert-OH is 2. The van der Waals surface area contributed by atoms with Crippen molar-refractivity contribution in [3.63, 3.8) is 0 Å². The van der Waals surface area contributed by atoms with E-state index >= 15 is 0 Å². The lowest BCUT2D eigenvalue weighted by molar-refractivity contribution is 0.0247. The Hall–Kier alpha value is -0.0800. The van der Waals surface area contributed by atoms with E-state index in [2.05, 4.69) is 6.92 Å². The quantitative estimate of drug-likeness (QED) is 0.509. The van der Waals surface area contributed by atoms with E-state index in [9.17, 15) is 5.11 Å². The lowest BCUT2D eigenvalue weighted by Crippen LogP contribution is -2.21. The van der Waals surface area contributed by atoms with Crippen LogP contribution < -0.4 is 0 Å². The van der Waals surface area contributed by atoms with Crippen LogP contribution in [-0.2, 0) is 0 Å². The molecule has 0 fully saturated rings. The molecule has 0 bridgehead atoms. The van der Waals surface area contributed by atoms with Crippen LogP contribution in [-0.4, -0.2) is 22.4 Å². The maximum Gasteiger partial charge on any atom is 0.0796 e. The first-order chi connectivity index (χ1) is 8.18. The van der Waals surface area contributed by atoms with Gasteiger partial charge in [0.05, 0.1) is 12.2 Å². The van der Waals surface area contributed by atoms with Crippen molar-refractivity contribution in [3.05, 3.63) is 0 Å². The van der Waals surface area contributed by atoms with Gasteiger partial charge in [-0.2, -0.15) is 0 Å². The molecule has 0 heterocycles. The average Bonchev–Trinajstić information content (AvgIpc) is 2.31. The topological polar surface area (TPSA) is 40.5 Å². The van der Waals surface area contributed by atoms with E-state index in [4.69, 9.17) is 5.11 Å². The molecule has 0 aliphatic rings. The van der Waals surface area contributed by atoms with Crippen molar-refractivity contribution >= 4 is 0 Å². The molecule has 104 valence electrons. The third kappa shape index (κ3) is 12.2. The summed E-state index contributed by atoms with van der Waals surface area (Å²) in [5, 5.41) is 18.5. The first-order valence-corrected chi connectivity index (χ1v) is 7.54. The lowest BCUT2D eigenvalue weighted by Gasteiger charge is -2.12. The number of aliphatic hydroxyl groups is 2. The van der Waals surface area contributed by atoms with Crippen molar-refractivity contribution in [1.29, 1.82) is 0 Å². The molecule has 0 aromatic rings. The van der Waals surface area contributed by atoms with E-state index in [0.717, 1.165) is 12.8 Å². The van der Waals surface area contributed by atoms with Crippen molar-refractivity contribution in [2.24, 2.45) is 0 Å². The van der Waals surface area contributed by atoms with Gasteiger partial charge in [0, 0.05) is 0 Å². The molecule has 0 amide bonds. The minimum atomic E-state index is -0.575. The number of rotatable bonds is 12. The van der Waals surface area contributed by atoms with E-state index in [0.29, 0.717) is 0 Å². The maximum atomic E-state index is 9.40. The molecule has 0 aromatic heterocycles. The van der Waals surface area contributed by atoms with Gasteiger partial charge in [0.15, 0.2) is 0 Å². The first kappa shape index (κ1) is 16.9. The van der Waals surface area contributed by atoms with Crippen molar-refractivity contribution in [2.45, 2.75) is 96.7 Å². The second-order valence-corrected chi connectivity index (χ2v) is 5.28. The summed E-state index contributed by atoms with van der Waals surface area (Å²) in [5.74, 6) is 0. The zero-order valence-corrected chi connectivity index (χ0v) is 11.8. The van der Waals surface area contributed by atoms with Gasteiger partial charge in [-0.25, -0.2) is 0 Å². The normalized spacial score (nSPS) is 14.8. The molecular formula is C15H32O2. The van der Waals surface area contributed by atoms with Gasteiger partial charge in [-0.15, -0.1) is 0 Å². The molecule has 0 aromatic carbocycles. The predicted octanol–water partition coefficient (Wildman–Crippen LogP) is 4.04. The van der Waals surface area contributed by atoms with Gasteiger partial charge in [0.25, 0.3) is 0 Å². The maximum absolute atomic E-state index is 9.40. The minimum absolute atomic E-state index is 0.524. The molecule has 0 saturated carbocycles. The summed E-state index contributed by atoms with van der Waals surface area (Å²) in [4.78, 5) is 0. The molecule has 2 nitrogen and oxygen atoms in total. The number of hydrogen-bond donors (Lipinski definition) is 2. The summed E-state index contributed by atoms with van der Waals surface area (Å²) in [5.41, 5.74) is 0. The summed E-state index contributed by atoms with van der Waals surface area (Å²) >= 11 is 0. The molecule has 2 N–H and O–H groups in total. The fraction of sp³-hybridized carbons (Fsp3) is 1.00. The van der Waals surface area contributed by atoms with Crippen LogP contribution in [0.15, 0.2) is 0 Å². The van der Waals surface area contributed by atoms with Crippen LogP contribution >= 0.6 is 0 Å². The van der Waals surface area contributed by atoms with Gasteiger partial charge in [0.2, 0.25) is 0 Å². The zero-order chi connectivity index (χ0) is 12.9. The molecule has 0 aliphatic carbocycles. The number of unbranched alkanes of at least 4 members (excludes halogenated alkanes) is 9. The molecular weight excluding hydrogens is 212 g/mol. The molecule has 17 heavy (non-hydrogen) atoms. The fourth-order valence-electron chi connectivity index (χ4n) is 2.08. The van der Waals surface area contributed by atoms with Gasteiger partial charge >= 0.3 is 0 Å². The van der Waals surface area contributed by atoms with Gasteiger partial charge in [-0.3, -0.25) is 0 Å². The third-order valence-corrected chi connectivity index (χ3v) is 3.41. The number of hydrogen-bond acceptors (Lipinski definition) is 2. The second kappa shape index (κ2) is 12.4. The fourth-order valence-corrected chi connectivity index (χ4v) is 2.08. The molecule has 0 spiro atoms. The van der Waals surface area contributed by atoms with Crippen LogP contribution in [0.1, 0.15) is 84.5 Å². The van der Waals surface area contributed by atoms with E-state index in [1.54, 1.807) is 6.92 Å². The first-order valence-electron chi connectivity index (χ1n) is 7.54. The Labute approximate surface area is 107 Å². The molecule has 0 saturated heterocycles. The highest BCUT2D eigenvalue weighted by atomic mass is 16.3. The van der Waals surface area contributed by atoms with Crippen molar-refractivity contribution < 1.29 is 10.2 Å². The monoisotopic (exact) mass is 244 g/mol. The van der Waals surface area contributed by atoms with Gasteiger partial charge < -0.3 is 10.2 Å². The summed E-state index contributed by atoms with van der Waals surface area (Å²) in [6.07, 6.45) is 12.7. The van der Waals surface area contributed by atoms with Crippen LogP contribution in [0.25, 0.3) is 0 Å². The lowest BCUT2D eigenvalue weighted by atomic mass is 10.0. The molecule has 0 aliphatic heterocycles. The Morgan fingerprint density at radius 1 is 0.706 bits per heavy atom. The van der Waals surface area contributed by atoms with E-state index in [-0.39, 0.29) is 0 Å². The highest BCUT2D eigenvalue weighted by Crippen LogP contribution is 2.12. The Balaban J connectivity index is 3.03. The van der Waals surface area contributed by atoms with Gasteiger partial charge in [-0.05, 0) is 13.3 Å². The van der Waals surface area contributed by atoms with Crippen LogP contribution in [0.5, 0.6) is 0 Å². The van der Waals surface area contributed by atoms with Crippen LogP contribution in [0.3, 0.4) is 0 Å². The Kier molecular flexibility index (Phi) is 12.3. The minimum Gasteiger partial charge on any atom is -0.391 e. The summed E-state index contributed by atoms with van der Waals surface area (Å²) < 4.78 is 0. The van der Waals surface area contributed by atoms with E-state index in [1.807, 2.05) is 0 Å². The standard InChI is InChI=1S/C15H32O2/c1-3-4-5-6-7-8-9-10-11-12-13-15(17)14(2)16/h14-17H,3-13H2,1-2H3. The van der Waals surface area contributed by atoms with Crippen molar-refractivity contribution in [1.82, 2.24) is 0 Å². The van der Waals surface area contributed by atoms with E-state index in [1.165, 1.54) is 57.8 Å². The molecule has 0 rings (SSSR count). The summed E-state index contributed by atoms with van der Waals surface area (Å²) in [6, 6.07) is 0. The Bertz CT molecular complexity index is 146. The van der Waals surface area contributed by atoms with Crippen molar-refractivity contribution in [3.8, 4) is 0 Å². The molecule has 2 atom stereocenters. The van der Waals surface area contributed by atoms with Crippen LogP contribution in [0.2, 0.25) is 0 Å². The Morgan fingerprint density at radius 2 is 1.12 bits per heavy atom. The van der Waals surface area contributed by atoms with Crippen LogP contribution in [0, 0.1) is 0 Å². The summed E-state index contributed by atoms with van der Waals surface area (Å²) in [6.45, 7) is 3.91. The van der Waals surface area contributed by atoms with Gasteiger partial charge in [0.1, 0.15) is 0 Å². The summed E-state index contributed by atoms with van der Waals surface area (Å²) in [7, 11) is 0. The predicted molar refractivity (Wildman–Crippen MR) is 74.1 cm³/mol. The highest BCUT2D eigenvalue weighted by Gasteiger charge is 2.09. The molecule has 0 radical (unpaired) electrons. The molecule has 2 unspecified atom stereocenters. The average molecular weight is 244 g/mol. The third-order valence-electron chi connectivity index (χ3n) is 3.41. The molecule has 2 heteroatoms. The SMILES string of the molecule is CCCCCCCCCCCCC(O)C(C)O. The second-order valence-electron chi connectivity index (χ2n) is 5.28.